The maximum Gasteiger partial charge on any atom is 0.417 e. The van der Waals surface area contributed by atoms with Crippen molar-refractivity contribution in [2.24, 2.45) is 0 Å². The van der Waals surface area contributed by atoms with E-state index < -0.39 is 17.6 Å². The minimum absolute atomic E-state index is 0.0695. The molecule has 1 N–H and O–H groups in total. The molecule has 1 amide bonds. The molecule has 7 nitrogen and oxygen atoms in total. The first kappa shape index (κ1) is 19.5. The van der Waals surface area contributed by atoms with Crippen molar-refractivity contribution in [2.75, 3.05) is 5.32 Å². The lowest BCUT2D eigenvalue weighted by Crippen LogP contribution is -2.17. The van der Waals surface area contributed by atoms with Gasteiger partial charge in [-0.2, -0.15) is 22.8 Å². The summed E-state index contributed by atoms with van der Waals surface area (Å²) in [6, 6.07) is 9.69. The Balaban J connectivity index is 1.74. The summed E-state index contributed by atoms with van der Waals surface area (Å²) in [4.78, 5) is 24.9. The fourth-order valence-electron chi connectivity index (χ4n) is 3.07. The molecular weight excluding hydrogens is 397 g/mol. The third-order valence-corrected chi connectivity index (χ3v) is 4.31. The van der Waals surface area contributed by atoms with E-state index in [-0.39, 0.29) is 22.8 Å². The van der Waals surface area contributed by atoms with Gasteiger partial charge in [0.15, 0.2) is 11.5 Å². The fraction of sp³-hybridized carbons (Fsp3) is 0.150. The van der Waals surface area contributed by atoms with Crippen molar-refractivity contribution in [2.45, 2.75) is 20.0 Å². The zero-order valence-electron chi connectivity index (χ0n) is 15.9. The number of hydrogen-bond donors (Lipinski definition) is 1. The Labute approximate surface area is 168 Å². The molecule has 0 spiro atoms. The lowest BCUT2D eigenvalue weighted by molar-refractivity contribution is -0.137. The largest absolute Gasteiger partial charge is 0.417 e. The second-order valence-corrected chi connectivity index (χ2v) is 6.57. The average molecular weight is 412 g/mol. The lowest BCUT2D eigenvalue weighted by Gasteiger charge is -2.12. The number of hydrogen-bond acceptors (Lipinski definition) is 5. The molecule has 4 aromatic rings. The van der Waals surface area contributed by atoms with E-state index in [1.54, 1.807) is 13.8 Å². The topological polar surface area (TPSA) is 85.1 Å². The Morgan fingerprint density at radius 3 is 2.57 bits per heavy atom. The molecule has 0 radical (unpaired) electrons. The highest BCUT2D eigenvalue weighted by Crippen LogP contribution is 2.36. The van der Waals surface area contributed by atoms with Gasteiger partial charge in [0.25, 0.3) is 5.91 Å². The van der Waals surface area contributed by atoms with E-state index in [1.165, 1.54) is 47.1 Å². The van der Waals surface area contributed by atoms with Crippen LogP contribution in [-0.4, -0.2) is 30.5 Å². The quantitative estimate of drug-likeness (QED) is 0.548. The molecule has 0 aliphatic rings. The zero-order chi connectivity index (χ0) is 21.5. The van der Waals surface area contributed by atoms with Crippen molar-refractivity contribution in [1.29, 1.82) is 0 Å². The lowest BCUT2D eigenvalue weighted by atomic mass is 10.0. The Morgan fingerprint density at radius 1 is 1.07 bits per heavy atom. The average Bonchev–Trinajstić information content (AvgIpc) is 3.08. The first-order valence-corrected chi connectivity index (χ1v) is 8.87. The standard InChI is InChI=1S/C20H15F3N6O/c1-11-9-16(26-12(2)25-11)19(30)27-18-10-24-17-8-7-15(28-29(17)18)13-5-3-4-6-14(13)20(21,22)23/h3-10H,1-2H3,(H,27,30). The minimum atomic E-state index is -4.53. The van der Waals surface area contributed by atoms with Crippen LogP contribution in [0, 0.1) is 13.8 Å². The van der Waals surface area contributed by atoms with Crippen molar-refractivity contribution >= 4 is 17.4 Å². The monoisotopic (exact) mass is 412 g/mol. The molecule has 0 aliphatic heterocycles. The van der Waals surface area contributed by atoms with Crippen LogP contribution in [0.25, 0.3) is 16.9 Å². The summed E-state index contributed by atoms with van der Waals surface area (Å²) in [5, 5.41) is 6.91. The SMILES string of the molecule is Cc1cc(C(=O)Nc2cnc3ccc(-c4ccccc4C(F)(F)F)nn23)nc(C)n1. The molecule has 0 atom stereocenters. The van der Waals surface area contributed by atoms with Crippen molar-refractivity contribution in [3.05, 3.63) is 71.4 Å². The molecule has 0 fully saturated rings. The van der Waals surface area contributed by atoms with E-state index in [0.29, 0.717) is 17.2 Å². The van der Waals surface area contributed by atoms with Crippen molar-refractivity contribution in [3.8, 4) is 11.3 Å². The summed E-state index contributed by atoms with van der Waals surface area (Å²) in [5.41, 5.74) is 0.393. The predicted octanol–water partition coefficient (Wildman–Crippen LogP) is 4.07. The molecule has 152 valence electrons. The number of carbonyl (C=O) groups excluding carboxylic acids is 1. The van der Waals surface area contributed by atoms with Crippen LogP contribution in [0.5, 0.6) is 0 Å². The summed E-state index contributed by atoms with van der Waals surface area (Å²) >= 11 is 0. The number of nitrogens with one attached hydrogen (secondary N) is 1. The number of rotatable bonds is 3. The molecule has 4 rings (SSSR count). The van der Waals surface area contributed by atoms with E-state index in [4.69, 9.17) is 0 Å². The van der Waals surface area contributed by atoms with E-state index in [0.717, 1.165) is 6.07 Å². The highest BCUT2D eigenvalue weighted by molar-refractivity contribution is 6.02. The van der Waals surface area contributed by atoms with Crippen LogP contribution in [0.4, 0.5) is 19.0 Å². The summed E-state index contributed by atoms with van der Waals surface area (Å²) in [6.45, 7) is 3.41. The molecular formula is C20H15F3N6O. The number of aromatic nitrogens is 5. The van der Waals surface area contributed by atoms with Crippen LogP contribution in [0.3, 0.4) is 0 Å². The number of amides is 1. The second kappa shape index (κ2) is 7.21. The molecule has 30 heavy (non-hydrogen) atoms. The summed E-state index contributed by atoms with van der Waals surface area (Å²) in [7, 11) is 0. The van der Waals surface area contributed by atoms with Gasteiger partial charge in [-0.15, -0.1) is 0 Å². The summed E-state index contributed by atoms with van der Waals surface area (Å²) in [6.07, 6.45) is -3.15. The normalized spacial score (nSPS) is 11.6. The number of nitrogens with zero attached hydrogens (tertiary/aromatic N) is 5. The molecule has 0 unspecified atom stereocenters. The predicted molar refractivity (Wildman–Crippen MR) is 103 cm³/mol. The smallest absolute Gasteiger partial charge is 0.304 e. The van der Waals surface area contributed by atoms with Gasteiger partial charge >= 0.3 is 6.18 Å². The van der Waals surface area contributed by atoms with Gasteiger partial charge in [-0.3, -0.25) is 4.79 Å². The molecule has 10 heteroatoms. The highest BCUT2D eigenvalue weighted by Gasteiger charge is 2.33. The van der Waals surface area contributed by atoms with Gasteiger partial charge in [-0.05, 0) is 38.1 Å². The third-order valence-electron chi connectivity index (χ3n) is 4.31. The van der Waals surface area contributed by atoms with Gasteiger partial charge in [0, 0.05) is 11.3 Å². The Morgan fingerprint density at radius 2 is 1.83 bits per heavy atom. The van der Waals surface area contributed by atoms with E-state index in [9.17, 15) is 18.0 Å². The number of aryl methyl sites for hydroxylation is 2. The Hall–Kier alpha value is -3.82. The summed E-state index contributed by atoms with van der Waals surface area (Å²) < 4.78 is 41.4. The molecule has 0 aliphatic carbocycles. The molecule has 3 heterocycles. The van der Waals surface area contributed by atoms with Crippen LogP contribution < -0.4 is 5.32 Å². The number of benzene rings is 1. The first-order valence-electron chi connectivity index (χ1n) is 8.87. The molecule has 0 saturated heterocycles. The minimum Gasteiger partial charge on any atom is -0.304 e. The fourth-order valence-corrected chi connectivity index (χ4v) is 3.07. The number of fused-ring (bicyclic) bond motifs is 1. The number of halogens is 3. The summed E-state index contributed by atoms with van der Waals surface area (Å²) in [5.74, 6) is 0.144. The van der Waals surface area contributed by atoms with Gasteiger partial charge in [0.1, 0.15) is 11.5 Å². The van der Waals surface area contributed by atoms with E-state index >= 15 is 0 Å². The van der Waals surface area contributed by atoms with Gasteiger partial charge in [0.2, 0.25) is 0 Å². The van der Waals surface area contributed by atoms with Gasteiger partial charge < -0.3 is 5.32 Å². The first-order chi connectivity index (χ1) is 14.2. The second-order valence-electron chi connectivity index (χ2n) is 6.57. The molecule has 0 saturated carbocycles. The van der Waals surface area contributed by atoms with Crippen LogP contribution >= 0.6 is 0 Å². The number of anilines is 1. The molecule has 0 bridgehead atoms. The zero-order valence-corrected chi connectivity index (χ0v) is 15.9. The maximum atomic E-state index is 13.4. The Bertz CT molecular complexity index is 1240. The van der Waals surface area contributed by atoms with Crippen LogP contribution in [0.15, 0.2) is 48.7 Å². The molecule has 3 aromatic heterocycles. The third kappa shape index (κ3) is 3.71. The van der Waals surface area contributed by atoms with Crippen molar-refractivity contribution in [3.63, 3.8) is 0 Å². The van der Waals surface area contributed by atoms with Crippen LogP contribution in [0.1, 0.15) is 27.6 Å². The van der Waals surface area contributed by atoms with Gasteiger partial charge in [0.05, 0.1) is 17.5 Å². The number of carbonyl (C=O) groups is 1. The number of imidazole rings is 1. The number of alkyl halides is 3. The van der Waals surface area contributed by atoms with Gasteiger partial charge in [-0.25, -0.2) is 15.0 Å². The van der Waals surface area contributed by atoms with Crippen LogP contribution in [0.2, 0.25) is 0 Å². The molecule has 1 aromatic carbocycles. The van der Waals surface area contributed by atoms with E-state index in [2.05, 4.69) is 25.4 Å². The van der Waals surface area contributed by atoms with Crippen molar-refractivity contribution < 1.29 is 18.0 Å². The highest BCUT2D eigenvalue weighted by atomic mass is 19.4. The Kier molecular flexibility index (Phi) is 4.69. The van der Waals surface area contributed by atoms with Crippen LogP contribution in [-0.2, 0) is 6.18 Å². The van der Waals surface area contributed by atoms with E-state index in [1.807, 2.05) is 0 Å². The maximum absolute atomic E-state index is 13.4. The van der Waals surface area contributed by atoms with Gasteiger partial charge in [-0.1, -0.05) is 18.2 Å². The van der Waals surface area contributed by atoms with Crippen molar-refractivity contribution in [1.82, 2.24) is 24.6 Å².